The zero-order valence-electron chi connectivity index (χ0n) is 6.30. The van der Waals surface area contributed by atoms with E-state index in [0.717, 1.165) is 0 Å². The lowest BCUT2D eigenvalue weighted by atomic mass is 10.4. The summed E-state index contributed by atoms with van der Waals surface area (Å²) in [6, 6.07) is 0. The topological polar surface area (TPSA) is 55.4 Å². The van der Waals surface area contributed by atoms with Crippen molar-refractivity contribution in [2.45, 2.75) is 26.9 Å². The molecule has 4 nitrogen and oxygen atoms in total. The first-order chi connectivity index (χ1) is 4.70. The summed E-state index contributed by atoms with van der Waals surface area (Å²) in [6.45, 7) is 5.51. The number of hydrogen-bond donors (Lipinski definition) is 1. The highest BCUT2D eigenvalue weighted by Crippen LogP contribution is 1.98. The Morgan fingerprint density at radius 1 is 1.40 bits per heavy atom. The molecule has 0 aromatic rings. The van der Waals surface area contributed by atoms with Crippen molar-refractivity contribution in [2.75, 3.05) is 0 Å². The Labute approximate surface area is 59.6 Å². The fourth-order valence-electron chi connectivity index (χ4n) is 0.446. The first kappa shape index (κ1) is 8.94. The van der Waals surface area contributed by atoms with Gasteiger partial charge >= 0.3 is 6.09 Å². The highest BCUT2D eigenvalue weighted by Gasteiger charge is 2.27. The Kier molecular flexibility index (Phi) is 3.46. The van der Waals surface area contributed by atoms with E-state index in [0.29, 0.717) is 0 Å². The smallest absolute Gasteiger partial charge is 0.414 e. The van der Waals surface area contributed by atoms with Crippen LogP contribution in [0, 0.1) is 0 Å². The SMILES string of the molecule is CC.CC1OC(=O)NC1=O. The van der Waals surface area contributed by atoms with Crippen LogP contribution in [0.2, 0.25) is 0 Å². The molecule has 1 N–H and O–H groups in total. The van der Waals surface area contributed by atoms with Gasteiger partial charge in [0, 0.05) is 0 Å². The van der Waals surface area contributed by atoms with Crippen LogP contribution in [0.3, 0.4) is 0 Å². The van der Waals surface area contributed by atoms with Crippen molar-refractivity contribution >= 4 is 12.0 Å². The second kappa shape index (κ2) is 3.87. The van der Waals surface area contributed by atoms with Crippen LogP contribution >= 0.6 is 0 Å². The number of carbonyl (C=O) groups is 2. The molecule has 1 fully saturated rings. The van der Waals surface area contributed by atoms with Gasteiger partial charge in [-0.15, -0.1) is 0 Å². The zero-order valence-corrected chi connectivity index (χ0v) is 6.30. The summed E-state index contributed by atoms with van der Waals surface area (Å²) in [5.74, 6) is -0.366. The number of imide groups is 1. The number of alkyl carbamates (subject to hydrolysis) is 1. The van der Waals surface area contributed by atoms with E-state index in [1.807, 2.05) is 19.2 Å². The van der Waals surface area contributed by atoms with Gasteiger partial charge in [-0.05, 0) is 6.92 Å². The number of rotatable bonds is 0. The van der Waals surface area contributed by atoms with Gasteiger partial charge in [-0.1, -0.05) is 13.8 Å². The van der Waals surface area contributed by atoms with E-state index in [-0.39, 0.29) is 5.91 Å². The van der Waals surface area contributed by atoms with Gasteiger partial charge in [0.1, 0.15) is 0 Å². The number of carbonyl (C=O) groups excluding carboxylic acids is 2. The molecule has 4 heteroatoms. The maximum atomic E-state index is 10.3. The number of ether oxygens (including phenoxy) is 1. The molecule has 1 aliphatic heterocycles. The van der Waals surface area contributed by atoms with Gasteiger partial charge in [-0.3, -0.25) is 10.1 Å². The quantitative estimate of drug-likeness (QED) is 0.545. The van der Waals surface area contributed by atoms with Crippen LogP contribution in [0.4, 0.5) is 4.79 Å². The van der Waals surface area contributed by atoms with Crippen molar-refractivity contribution < 1.29 is 14.3 Å². The maximum absolute atomic E-state index is 10.3. The standard InChI is InChI=1S/C4H5NO3.C2H6/c1-2-3(6)5-4(7)8-2;1-2/h2H,1H3,(H,5,6,7);1-2H3. The van der Waals surface area contributed by atoms with Gasteiger partial charge in [-0.25, -0.2) is 4.79 Å². The van der Waals surface area contributed by atoms with Gasteiger partial charge in [-0.2, -0.15) is 0 Å². The van der Waals surface area contributed by atoms with Crippen LogP contribution in [0.15, 0.2) is 0 Å². The van der Waals surface area contributed by atoms with E-state index < -0.39 is 12.2 Å². The monoisotopic (exact) mass is 145 g/mol. The molecule has 0 aliphatic carbocycles. The summed E-state index contributed by atoms with van der Waals surface area (Å²) in [5, 5.41) is 1.97. The molecule has 1 saturated heterocycles. The lowest BCUT2D eigenvalue weighted by molar-refractivity contribution is -0.122. The zero-order chi connectivity index (χ0) is 8.15. The van der Waals surface area contributed by atoms with E-state index in [1.54, 1.807) is 0 Å². The molecule has 0 saturated carbocycles. The van der Waals surface area contributed by atoms with Crippen molar-refractivity contribution in [1.29, 1.82) is 0 Å². The molecular weight excluding hydrogens is 134 g/mol. The molecule has 1 aliphatic rings. The molecular formula is C6H11NO3. The molecule has 0 radical (unpaired) electrons. The van der Waals surface area contributed by atoms with E-state index in [1.165, 1.54) is 6.92 Å². The van der Waals surface area contributed by atoms with Crippen LogP contribution in [-0.2, 0) is 9.53 Å². The minimum Gasteiger partial charge on any atom is -0.436 e. The third-order valence-electron chi connectivity index (χ3n) is 0.878. The van der Waals surface area contributed by atoms with Gasteiger partial charge < -0.3 is 4.74 Å². The van der Waals surface area contributed by atoms with E-state index in [2.05, 4.69) is 4.74 Å². The van der Waals surface area contributed by atoms with Crippen LogP contribution in [-0.4, -0.2) is 18.1 Å². The van der Waals surface area contributed by atoms with Gasteiger partial charge in [0.05, 0.1) is 0 Å². The fourth-order valence-corrected chi connectivity index (χ4v) is 0.446. The maximum Gasteiger partial charge on any atom is 0.414 e. The second-order valence-corrected chi connectivity index (χ2v) is 1.54. The van der Waals surface area contributed by atoms with Gasteiger partial charge in [0.25, 0.3) is 5.91 Å². The second-order valence-electron chi connectivity index (χ2n) is 1.54. The molecule has 1 unspecified atom stereocenters. The van der Waals surface area contributed by atoms with Crippen LogP contribution in [0.25, 0.3) is 0 Å². The summed E-state index contributed by atoms with van der Waals surface area (Å²) in [7, 11) is 0. The lowest BCUT2D eigenvalue weighted by Gasteiger charge is -1.91. The first-order valence-electron chi connectivity index (χ1n) is 3.21. The number of cyclic esters (lactones) is 1. The number of nitrogens with one attached hydrogen (secondary N) is 1. The fraction of sp³-hybridized carbons (Fsp3) is 0.667. The molecule has 58 valence electrons. The third-order valence-corrected chi connectivity index (χ3v) is 0.878. The first-order valence-corrected chi connectivity index (χ1v) is 3.21. The minimum atomic E-state index is -0.650. The van der Waals surface area contributed by atoms with Crippen molar-refractivity contribution in [1.82, 2.24) is 5.32 Å². The highest BCUT2D eigenvalue weighted by molar-refractivity contribution is 5.99. The molecule has 1 heterocycles. The highest BCUT2D eigenvalue weighted by atomic mass is 16.6. The minimum absolute atomic E-state index is 0.366. The van der Waals surface area contributed by atoms with Gasteiger partial charge in [0.2, 0.25) is 0 Å². The Morgan fingerprint density at radius 2 is 1.90 bits per heavy atom. The Morgan fingerprint density at radius 3 is 2.00 bits per heavy atom. The van der Waals surface area contributed by atoms with Crippen molar-refractivity contribution in [3.8, 4) is 0 Å². The predicted octanol–water partition coefficient (Wildman–Crippen LogP) is 0.667. The number of amides is 2. The predicted molar refractivity (Wildman–Crippen MR) is 35.4 cm³/mol. The molecule has 10 heavy (non-hydrogen) atoms. The number of hydrogen-bond acceptors (Lipinski definition) is 3. The molecule has 0 bridgehead atoms. The Hall–Kier alpha value is -1.06. The average molecular weight is 145 g/mol. The van der Waals surface area contributed by atoms with Crippen molar-refractivity contribution in [3.63, 3.8) is 0 Å². The van der Waals surface area contributed by atoms with Gasteiger partial charge in [0.15, 0.2) is 6.10 Å². The summed E-state index contributed by atoms with van der Waals surface area (Å²) >= 11 is 0. The third kappa shape index (κ3) is 2.05. The largest absolute Gasteiger partial charge is 0.436 e. The summed E-state index contributed by atoms with van der Waals surface area (Å²) in [5.41, 5.74) is 0. The summed E-state index contributed by atoms with van der Waals surface area (Å²) < 4.78 is 4.37. The molecule has 1 rings (SSSR count). The normalized spacial score (nSPS) is 22.5. The molecule has 0 aromatic carbocycles. The molecule has 1 atom stereocenters. The van der Waals surface area contributed by atoms with Crippen LogP contribution in [0.1, 0.15) is 20.8 Å². The summed E-state index contributed by atoms with van der Waals surface area (Å²) in [4.78, 5) is 20.4. The molecule has 2 amide bonds. The molecule has 0 aromatic heterocycles. The average Bonchev–Trinajstić information content (AvgIpc) is 2.16. The summed E-state index contributed by atoms with van der Waals surface area (Å²) in [6.07, 6.45) is -1.26. The Bertz CT molecular complexity index is 144. The van der Waals surface area contributed by atoms with E-state index in [9.17, 15) is 9.59 Å². The van der Waals surface area contributed by atoms with E-state index >= 15 is 0 Å². The van der Waals surface area contributed by atoms with Crippen LogP contribution < -0.4 is 5.32 Å². The van der Waals surface area contributed by atoms with Crippen molar-refractivity contribution in [2.24, 2.45) is 0 Å². The van der Waals surface area contributed by atoms with Crippen molar-refractivity contribution in [3.05, 3.63) is 0 Å². The Balaban J connectivity index is 0.000000371. The van der Waals surface area contributed by atoms with E-state index in [4.69, 9.17) is 0 Å². The van der Waals surface area contributed by atoms with Crippen LogP contribution in [0.5, 0.6) is 0 Å². The lowest BCUT2D eigenvalue weighted by Crippen LogP contribution is -2.22. The molecule has 0 spiro atoms.